The molecule has 0 aromatic heterocycles. The molecular weight excluding hydrogens is 288 g/mol. The largest absolute Gasteiger partial charge is 0.489 e. The van der Waals surface area contributed by atoms with E-state index in [0.717, 1.165) is 42.8 Å². The van der Waals surface area contributed by atoms with Crippen molar-refractivity contribution in [1.29, 1.82) is 0 Å². The summed E-state index contributed by atoms with van der Waals surface area (Å²) in [5.74, 6) is 0.910. The SMILES string of the molecule is NC1CCN(C(=O)c2cccc(COc3ccccc3)c2)CC1. The number of carbonyl (C=O) groups excluding carboxylic acids is 1. The number of hydrogen-bond acceptors (Lipinski definition) is 3. The Bertz CT molecular complexity index is 649. The van der Waals surface area contributed by atoms with Gasteiger partial charge in [-0.2, -0.15) is 0 Å². The van der Waals surface area contributed by atoms with E-state index in [0.29, 0.717) is 6.61 Å². The molecule has 2 aromatic carbocycles. The van der Waals surface area contributed by atoms with Crippen molar-refractivity contribution in [3.05, 3.63) is 65.7 Å². The van der Waals surface area contributed by atoms with Crippen molar-refractivity contribution in [1.82, 2.24) is 4.90 Å². The number of rotatable bonds is 4. The summed E-state index contributed by atoms with van der Waals surface area (Å²) in [5, 5.41) is 0. The molecule has 1 aliphatic heterocycles. The number of ether oxygens (including phenoxy) is 1. The predicted molar refractivity (Wildman–Crippen MR) is 90.3 cm³/mol. The molecule has 1 heterocycles. The topological polar surface area (TPSA) is 55.6 Å². The molecule has 2 aromatic rings. The molecule has 1 aliphatic rings. The van der Waals surface area contributed by atoms with Crippen molar-refractivity contribution in [2.24, 2.45) is 5.73 Å². The highest BCUT2D eigenvalue weighted by Gasteiger charge is 2.21. The average molecular weight is 310 g/mol. The van der Waals surface area contributed by atoms with Crippen LogP contribution in [0.25, 0.3) is 0 Å². The van der Waals surface area contributed by atoms with Gasteiger partial charge in [-0.25, -0.2) is 0 Å². The predicted octanol–water partition coefficient (Wildman–Crippen LogP) is 2.83. The van der Waals surface area contributed by atoms with Gasteiger partial charge in [0.2, 0.25) is 0 Å². The van der Waals surface area contributed by atoms with Crippen LogP contribution in [0.1, 0.15) is 28.8 Å². The van der Waals surface area contributed by atoms with Gasteiger partial charge in [0.05, 0.1) is 0 Å². The van der Waals surface area contributed by atoms with Crippen LogP contribution >= 0.6 is 0 Å². The Kier molecular flexibility index (Phi) is 4.93. The molecule has 0 saturated carbocycles. The Balaban J connectivity index is 1.64. The van der Waals surface area contributed by atoms with Crippen LogP contribution in [-0.4, -0.2) is 29.9 Å². The standard InChI is InChI=1S/C19H22N2O2/c20-17-9-11-21(12-10-17)19(22)16-6-4-5-15(13-16)14-23-18-7-2-1-3-8-18/h1-8,13,17H,9-12,14,20H2. The maximum absolute atomic E-state index is 12.6. The molecule has 120 valence electrons. The van der Waals surface area contributed by atoms with Gasteiger partial charge in [-0.1, -0.05) is 30.3 Å². The van der Waals surface area contributed by atoms with E-state index in [9.17, 15) is 4.79 Å². The first-order valence-corrected chi connectivity index (χ1v) is 8.04. The highest BCUT2D eigenvalue weighted by atomic mass is 16.5. The summed E-state index contributed by atoms with van der Waals surface area (Å²) in [6, 6.07) is 17.6. The molecule has 0 atom stereocenters. The second kappa shape index (κ2) is 7.29. The molecule has 1 amide bonds. The van der Waals surface area contributed by atoms with Crippen LogP contribution in [0.2, 0.25) is 0 Å². The molecule has 2 N–H and O–H groups in total. The molecule has 0 aliphatic carbocycles. The minimum absolute atomic E-state index is 0.0819. The Morgan fingerprint density at radius 1 is 1.09 bits per heavy atom. The van der Waals surface area contributed by atoms with Gasteiger partial charge in [0.25, 0.3) is 5.91 Å². The summed E-state index contributed by atoms with van der Waals surface area (Å²) in [6.45, 7) is 1.94. The van der Waals surface area contributed by atoms with Crippen LogP contribution in [0.5, 0.6) is 5.75 Å². The highest BCUT2D eigenvalue weighted by molar-refractivity contribution is 5.94. The van der Waals surface area contributed by atoms with Gasteiger partial charge in [-0.3, -0.25) is 4.79 Å². The summed E-state index contributed by atoms with van der Waals surface area (Å²) in [5.41, 5.74) is 7.61. The fraction of sp³-hybridized carbons (Fsp3) is 0.316. The minimum Gasteiger partial charge on any atom is -0.489 e. The summed E-state index contributed by atoms with van der Waals surface area (Å²) in [6.07, 6.45) is 1.76. The first-order chi connectivity index (χ1) is 11.2. The van der Waals surface area contributed by atoms with Gasteiger partial charge in [0.15, 0.2) is 0 Å². The monoisotopic (exact) mass is 310 g/mol. The fourth-order valence-corrected chi connectivity index (χ4v) is 2.76. The van der Waals surface area contributed by atoms with E-state index in [-0.39, 0.29) is 11.9 Å². The Hall–Kier alpha value is -2.33. The highest BCUT2D eigenvalue weighted by Crippen LogP contribution is 2.16. The summed E-state index contributed by atoms with van der Waals surface area (Å²) >= 11 is 0. The number of benzene rings is 2. The average Bonchev–Trinajstić information content (AvgIpc) is 2.61. The van der Waals surface area contributed by atoms with E-state index >= 15 is 0 Å². The lowest BCUT2D eigenvalue weighted by atomic mass is 10.0. The Labute approximate surface area is 136 Å². The molecule has 4 nitrogen and oxygen atoms in total. The molecule has 23 heavy (non-hydrogen) atoms. The molecule has 0 unspecified atom stereocenters. The molecule has 0 radical (unpaired) electrons. The third-order valence-corrected chi connectivity index (χ3v) is 4.15. The number of piperidine rings is 1. The van der Waals surface area contributed by atoms with Crippen LogP contribution in [0, 0.1) is 0 Å². The first kappa shape index (κ1) is 15.6. The summed E-state index contributed by atoms with van der Waals surface area (Å²) < 4.78 is 5.74. The first-order valence-electron chi connectivity index (χ1n) is 8.04. The second-order valence-corrected chi connectivity index (χ2v) is 5.93. The van der Waals surface area contributed by atoms with Crippen molar-refractivity contribution < 1.29 is 9.53 Å². The number of nitrogens with two attached hydrogens (primary N) is 1. The Morgan fingerprint density at radius 3 is 2.57 bits per heavy atom. The van der Waals surface area contributed by atoms with Crippen molar-refractivity contribution >= 4 is 5.91 Å². The quantitative estimate of drug-likeness (QED) is 0.945. The van der Waals surface area contributed by atoms with Gasteiger partial charge in [0, 0.05) is 24.7 Å². The maximum atomic E-state index is 12.6. The lowest BCUT2D eigenvalue weighted by Crippen LogP contribution is -2.42. The lowest BCUT2D eigenvalue weighted by Gasteiger charge is -2.30. The number of nitrogens with zero attached hydrogens (tertiary/aromatic N) is 1. The maximum Gasteiger partial charge on any atom is 0.253 e. The summed E-state index contributed by atoms with van der Waals surface area (Å²) in [4.78, 5) is 14.5. The minimum atomic E-state index is 0.0819. The molecule has 4 heteroatoms. The van der Waals surface area contributed by atoms with E-state index in [1.54, 1.807) is 0 Å². The summed E-state index contributed by atoms with van der Waals surface area (Å²) in [7, 11) is 0. The third-order valence-electron chi connectivity index (χ3n) is 4.15. The molecular formula is C19H22N2O2. The number of likely N-dealkylation sites (tertiary alicyclic amines) is 1. The van der Waals surface area contributed by atoms with Crippen LogP contribution in [-0.2, 0) is 6.61 Å². The van der Waals surface area contributed by atoms with Gasteiger partial charge in [-0.15, -0.1) is 0 Å². The van der Waals surface area contributed by atoms with Crippen molar-refractivity contribution in [2.75, 3.05) is 13.1 Å². The van der Waals surface area contributed by atoms with Crippen LogP contribution in [0.4, 0.5) is 0 Å². The zero-order valence-corrected chi connectivity index (χ0v) is 13.2. The molecule has 3 rings (SSSR count). The number of para-hydroxylation sites is 1. The van der Waals surface area contributed by atoms with E-state index in [2.05, 4.69) is 0 Å². The van der Waals surface area contributed by atoms with Crippen LogP contribution in [0.3, 0.4) is 0 Å². The smallest absolute Gasteiger partial charge is 0.253 e. The van der Waals surface area contributed by atoms with Crippen molar-refractivity contribution in [2.45, 2.75) is 25.5 Å². The zero-order valence-electron chi connectivity index (χ0n) is 13.2. The van der Waals surface area contributed by atoms with Gasteiger partial charge in [0.1, 0.15) is 12.4 Å². The lowest BCUT2D eigenvalue weighted by molar-refractivity contribution is 0.0714. The number of carbonyl (C=O) groups is 1. The number of amides is 1. The molecule has 1 saturated heterocycles. The van der Waals surface area contributed by atoms with Crippen LogP contribution < -0.4 is 10.5 Å². The fourth-order valence-electron chi connectivity index (χ4n) is 2.76. The molecule has 0 bridgehead atoms. The van der Waals surface area contributed by atoms with Crippen molar-refractivity contribution in [3.63, 3.8) is 0 Å². The third kappa shape index (κ3) is 4.11. The van der Waals surface area contributed by atoms with Gasteiger partial charge < -0.3 is 15.4 Å². The Morgan fingerprint density at radius 2 is 1.83 bits per heavy atom. The van der Waals surface area contributed by atoms with Gasteiger partial charge in [-0.05, 0) is 42.7 Å². The second-order valence-electron chi connectivity index (χ2n) is 5.93. The van der Waals surface area contributed by atoms with E-state index in [1.807, 2.05) is 59.5 Å². The van der Waals surface area contributed by atoms with Crippen molar-refractivity contribution in [3.8, 4) is 5.75 Å². The molecule has 0 spiro atoms. The van der Waals surface area contributed by atoms with Crippen LogP contribution in [0.15, 0.2) is 54.6 Å². The van der Waals surface area contributed by atoms with E-state index in [4.69, 9.17) is 10.5 Å². The normalized spacial score (nSPS) is 15.4. The van der Waals surface area contributed by atoms with E-state index < -0.39 is 0 Å². The number of hydrogen-bond donors (Lipinski definition) is 1. The molecule has 1 fully saturated rings. The van der Waals surface area contributed by atoms with E-state index in [1.165, 1.54) is 0 Å². The zero-order chi connectivity index (χ0) is 16.1. The van der Waals surface area contributed by atoms with Gasteiger partial charge >= 0.3 is 0 Å².